The van der Waals surface area contributed by atoms with E-state index in [1.54, 1.807) is 0 Å². The zero-order valence-corrected chi connectivity index (χ0v) is 37.6. The van der Waals surface area contributed by atoms with Gasteiger partial charge in [0.1, 0.15) is 0 Å². The molecule has 0 N–H and O–H groups in total. The number of nitrogens with zero attached hydrogens (tertiary/aromatic N) is 4. The van der Waals surface area contributed by atoms with Crippen LogP contribution in [0.1, 0.15) is 11.1 Å². The summed E-state index contributed by atoms with van der Waals surface area (Å²) in [6.07, 6.45) is 0. The molecule has 0 radical (unpaired) electrons. The van der Waals surface area contributed by atoms with Crippen molar-refractivity contribution in [3.63, 3.8) is 0 Å². The van der Waals surface area contributed by atoms with Crippen molar-refractivity contribution in [3.05, 3.63) is 230 Å². The van der Waals surface area contributed by atoms with Gasteiger partial charge in [-0.15, -0.1) is 0 Å². The first kappa shape index (κ1) is 39.4. The molecule has 14 rings (SSSR count). The van der Waals surface area contributed by atoms with Gasteiger partial charge in [-0.05, 0) is 128 Å². The Hall–Kier alpha value is -9.74. The summed E-state index contributed by atoms with van der Waals surface area (Å²) in [5.41, 5.74) is 12.7. The summed E-state index contributed by atoms with van der Waals surface area (Å²) in [6.45, 7) is 0. The van der Waals surface area contributed by atoms with Crippen molar-refractivity contribution in [1.29, 1.82) is 10.5 Å². The summed E-state index contributed by atoms with van der Waals surface area (Å²) >= 11 is 0. The monoisotopic (exact) mass is 884 g/mol. The van der Waals surface area contributed by atoms with Crippen molar-refractivity contribution < 1.29 is 0 Å². The van der Waals surface area contributed by atoms with E-state index in [0.717, 1.165) is 72.2 Å². The van der Waals surface area contributed by atoms with Gasteiger partial charge in [-0.2, -0.15) is 10.5 Å². The molecule has 0 aliphatic carbocycles. The van der Waals surface area contributed by atoms with Gasteiger partial charge < -0.3 is 0 Å². The van der Waals surface area contributed by atoms with Crippen molar-refractivity contribution in [2.75, 3.05) is 0 Å². The number of hydrogen-bond donors (Lipinski definition) is 0. The number of fused-ring (bicyclic) bond motifs is 1. The van der Waals surface area contributed by atoms with E-state index in [2.05, 4.69) is 182 Å². The van der Waals surface area contributed by atoms with Crippen LogP contribution in [0.25, 0.3) is 143 Å². The normalized spacial score (nSPS) is 11.7. The van der Waals surface area contributed by atoms with Crippen LogP contribution < -0.4 is 0 Å². The molecule has 0 amide bonds. The van der Waals surface area contributed by atoms with Gasteiger partial charge in [-0.25, -0.2) is 9.97 Å². The number of rotatable bonds is 6. The van der Waals surface area contributed by atoms with Gasteiger partial charge in [-0.1, -0.05) is 194 Å². The van der Waals surface area contributed by atoms with Crippen LogP contribution >= 0.6 is 0 Å². The lowest BCUT2D eigenvalue weighted by Crippen LogP contribution is -1.99. The highest BCUT2D eigenvalue weighted by Crippen LogP contribution is 2.46. The van der Waals surface area contributed by atoms with Gasteiger partial charge >= 0.3 is 0 Å². The molecule has 70 heavy (non-hydrogen) atoms. The van der Waals surface area contributed by atoms with Crippen LogP contribution in [0.5, 0.6) is 0 Å². The van der Waals surface area contributed by atoms with Crippen molar-refractivity contribution in [2.45, 2.75) is 0 Å². The molecule has 13 aromatic carbocycles. The molecule has 0 atom stereocenters. The van der Waals surface area contributed by atoms with Crippen LogP contribution in [0.4, 0.5) is 0 Å². The fourth-order valence-electron chi connectivity index (χ4n) is 11.2. The van der Waals surface area contributed by atoms with Gasteiger partial charge in [0.05, 0.1) is 34.5 Å². The molecule has 0 saturated carbocycles. The first-order valence-electron chi connectivity index (χ1n) is 23.5. The molecule has 0 unspecified atom stereocenters. The molecule has 1 aromatic heterocycles. The standard InChI is InChI=1S/C66H36N4/c67-37-49-7-1-3-13-52(49)39-15-23-47(24-16-39)64-59-36-51(54-31-27-45-21-19-41-9-5-11-43-29-33-56(54)62(45)60(41)43)35-58(55-32-28-46-22-20-42-10-6-12-44-30-34-57(55)63(46)61(42)44)65(59)70-66(69-64)48-25-17-40(18-26-48)53-14-4-2-8-50(53)38-68/h1-36H. The van der Waals surface area contributed by atoms with E-state index < -0.39 is 0 Å². The highest BCUT2D eigenvalue weighted by Gasteiger charge is 2.22. The average Bonchev–Trinajstić information content (AvgIpc) is 3.43. The van der Waals surface area contributed by atoms with Crippen LogP contribution in [-0.2, 0) is 0 Å². The molecule has 4 nitrogen and oxygen atoms in total. The Bertz CT molecular complexity index is 4500. The first-order valence-corrected chi connectivity index (χ1v) is 23.5. The predicted octanol–water partition coefficient (Wildman–Crippen LogP) is 17.2. The lowest BCUT2D eigenvalue weighted by Gasteiger charge is -2.19. The van der Waals surface area contributed by atoms with Crippen LogP contribution in [-0.4, -0.2) is 9.97 Å². The molecule has 14 aromatic rings. The van der Waals surface area contributed by atoms with E-state index in [0.29, 0.717) is 17.0 Å². The van der Waals surface area contributed by atoms with Crippen LogP contribution in [0.15, 0.2) is 218 Å². The van der Waals surface area contributed by atoms with Gasteiger partial charge in [0.15, 0.2) is 5.82 Å². The van der Waals surface area contributed by atoms with E-state index in [4.69, 9.17) is 9.97 Å². The number of aromatic nitrogens is 2. The minimum absolute atomic E-state index is 0.593. The molecule has 4 heteroatoms. The number of benzene rings is 13. The summed E-state index contributed by atoms with van der Waals surface area (Å²) in [7, 11) is 0. The molecule has 0 aliphatic heterocycles. The molecular formula is C66H36N4. The van der Waals surface area contributed by atoms with E-state index in [1.807, 2.05) is 48.5 Å². The fourth-order valence-corrected chi connectivity index (χ4v) is 11.2. The maximum atomic E-state index is 10.0. The van der Waals surface area contributed by atoms with Gasteiger partial charge in [0.2, 0.25) is 0 Å². The van der Waals surface area contributed by atoms with Crippen LogP contribution in [0.3, 0.4) is 0 Å². The largest absolute Gasteiger partial charge is 0.227 e. The summed E-state index contributed by atoms with van der Waals surface area (Å²) in [5.74, 6) is 0.593. The Morgan fingerprint density at radius 2 is 0.729 bits per heavy atom. The average molecular weight is 885 g/mol. The van der Waals surface area contributed by atoms with E-state index in [1.165, 1.54) is 64.6 Å². The van der Waals surface area contributed by atoms with Gasteiger partial charge in [0.25, 0.3) is 0 Å². The molecule has 0 saturated heterocycles. The second kappa shape index (κ2) is 15.4. The Morgan fingerprint density at radius 3 is 1.27 bits per heavy atom. The Labute approximate surface area is 402 Å². The topological polar surface area (TPSA) is 73.4 Å². The van der Waals surface area contributed by atoms with Gasteiger partial charge in [-0.3, -0.25) is 0 Å². The summed E-state index contributed by atoms with van der Waals surface area (Å²) in [4.78, 5) is 11.1. The van der Waals surface area contributed by atoms with Crippen molar-refractivity contribution in [2.24, 2.45) is 0 Å². The second-order valence-corrected chi connectivity index (χ2v) is 18.2. The molecule has 0 spiro atoms. The molecule has 0 fully saturated rings. The van der Waals surface area contributed by atoms with Crippen LogP contribution in [0.2, 0.25) is 0 Å². The second-order valence-electron chi connectivity index (χ2n) is 18.2. The third-order valence-electron chi connectivity index (χ3n) is 14.5. The van der Waals surface area contributed by atoms with Crippen LogP contribution in [0, 0.1) is 22.7 Å². The summed E-state index contributed by atoms with van der Waals surface area (Å²) < 4.78 is 0. The van der Waals surface area contributed by atoms with E-state index in [9.17, 15) is 10.5 Å². The minimum atomic E-state index is 0.593. The molecular weight excluding hydrogens is 849 g/mol. The van der Waals surface area contributed by atoms with E-state index >= 15 is 0 Å². The number of hydrogen-bond acceptors (Lipinski definition) is 4. The Balaban J connectivity index is 1.08. The number of nitriles is 2. The summed E-state index contributed by atoms with van der Waals surface area (Å²) in [6, 6.07) is 81.7. The molecule has 1 heterocycles. The van der Waals surface area contributed by atoms with Crippen molar-refractivity contribution in [1.82, 2.24) is 9.97 Å². The zero-order valence-electron chi connectivity index (χ0n) is 37.6. The third-order valence-corrected chi connectivity index (χ3v) is 14.5. The van der Waals surface area contributed by atoms with Crippen molar-refractivity contribution >= 4 is 75.5 Å². The lowest BCUT2D eigenvalue weighted by atomic mass is 9.86. The lowest BCUT2D eigenvalue weighted by molar-refractivity contribution is 1.23. The first-order chi connectivity index (χ1) is 34.6. The highest BCUT2D eigenvalue weighted by atomic mass is 14.9. The van der Waals surface area contributed by atoms with Crippen molar-refractivity contribution in [3.8, 4) is 79.3 Å². The van der Waals surface area contributed by atoms with E-state index in [-0.39, 0.29) is 0 Å². The Kier molecular flexibility index (Phi) is 8.68. The van der Waals surface area contributed by atoms with Gasteiger partial charge in [0, 0.05) is 22.1 Å². The maximum Gasteiger partial charge on any atom is 0.160 e. The zero-order chi connectivity index (χ0) is 46.5. The SMILES string of the molecule is N#Cc1ccccc1-c1ccc(-c2nc(-c3ccc(-c4ccccc4C#N)cc3)c3cc(-c4ccc5ccc6cccc7ccc4c5c67)cc(-c4ccc5ccc6cccc7ccc4c5c67)c3n2)cc1. The third kappa shape index (κ3) is 6.01. The summed E-state index contributed by atoms with van der Waals surface area (Å²) in [5, 5.41) is 35.6. The molecule has 320 valence electrons. The predicted molar refractivity (Wildman–Crippen MR) is 289 cm³/mol. The quantitative estimate of drug-likeness (QED) is 0.156. The molecule has 0 aliphatic rings. The Morgan fingerprint density at radius 1 is 0.286 bits per heavy atom. The maximum absolute atomic E-state index is 10.0. The highest BCUT2D eigenvalue weighted by molar-refractivity contribution is 6.28. The minimum Gasteiger partial charge on any atom is -0.227 e. The fraction of sp³-hybridized carbons (Fsp3) is 0. The smallest absolute Gasteiger partial charge is 0.160 e. The molecule has 0 bridgehead atoms.